The lowest BCUT2D eigenvalue weighted by Gasteiger charge is -2.27. The van der Waals surface area contributed by atoms with Crippen LogP contribution in [0, 0.1) is 0 Å². The maximum absolute atomic E-state index is 5.91. The molecule has 1 atom stereocenters. The molecule has 0 spiro atoms. The minimum absolute atomic E-state index is 0.169. The normalized spacial score (nSPS) is 17.7. The summed E-state index contributed by atoms with van der Waals surface area (Å²) in [6.45, 7) is 2.19. The molecule has 0 aliphatic heterocycles. The summed E-state index contributed by atoms with van der Waals surface area (Å²) in [6, 6.07) is 19.7. The van der Waals surface area contributed by atoms with Crippen molar-refractivity contribution in [3.63, 3.8) is 0 Å². The number of benzene rings is 2. The molecular formula is C18H22N2. The van der Waals surface area contributed by atoms with E-state index in [0.29, 0.717) is 0 Å². The van der Waals surface area contributed by atoms with Gasteiger partial charge in [-0.05, 0) is 36.0 Å². The molecular weight excluding hydrogens is 244 g/mol. The first-order valence-electron chi connectivity index (χ1n) is 7.40. The SMILES string of the molecule is CCc1cccc(C(NN)C2(c3ccccc3)CC2)c1. The molecule has 1 unspecified atom stereocenters. The average molecular weight is 266 g/mol. The van der Waals surface area contributed by atoms with Crippen LogP contribution < -0.4 is 11.3 Å². The number of aryl methyl sites for hydroxylation is 1. The second-order valence-corrected chi connectivity index (χ2v) is 5.72. The number of nitrogens with two attached hydrogens (primary N) is 1. The van der Waals surface area contributed by atoms with Crippen LogP contribution in [0.4, 0.5) is 0 Å². The molecule has 0 bridgehead atoms. The molecule has 104 valence electrons. The van der Waals surface area contributed by atoms with Gasteiger partial charge in [-0.15, -0.1) is 0 Å². The first kappa shape index (κ1) is 13.3. The second-order valence-electron chi connectivity index (χ2n) is 5.72. The molecule has 2 nitrogen and oxygen atoms in total. The van der Waals surface area contributed by atoms with Gasteiger partial charge in [-0.3, -0.25) is 11.3 Å². The molecule has 3 rings (SSSR count). The smallest absolute Gasteiger partial charge is 0.0556 e. The van der Waals surface area contributed by atoms with Crippen LogP contribution in [0.3, 0.4) is 0 Å². The lowest BCUT2D eigenvalue weighted by atomic mass is 9.83. The summed E-state index contributed by atoms with van der Waals surface area (Å²) in [5.41, 5.74) is 7.30. The van der Waals surface area contributed by atoms with E-state index in [4.69, 9.17) is 5.84 Å². The fourth-order valence-corrected chi connectivity index (χ4v) is 3.22. The van der Waals surface area contributed by atoms with E-state index in [1.807, 2.05) is 0 Å². The van der Waals surface area contributed by atoms with Crippen LogP contribution in [0.5, 0.6) is 0 Å². The molecule has 0 saturated heterocycles. The molecule has 1 saturated carbocycles. The molecule has 0 aromatic heterocycles. The summed E-state index contributed by atoms with van der Waals surface area (Å²) in [6.07, 6.45) is 3.45. The third-order valence-electron chi connectivity index (χ3n) is 4.55. The molecule has 20 heavy (non-hydrogen) atoms. The molecule has 1 aliphatic rings. The third-order valence-corrected chi connectivity index (χ3v) is 4.55. The van der Waals surface area contributed by atoms with Gasteiger partial charge < -0.3 is 0 Å². The summed E-state index contributed by atoms with van der Waals surface area (Å²) in [5.74, 6) is 5.91. The first-order valence-corrected chi connectivity index (χ1v) is 7.40. The highest BCUT2D eigenvalue weighted by Gasteiger charge is 2.50. The zero-order valence-electron chi connectivity index (χ0n) is 12.0. The van der Waals surface area contributed by atoms with Crippen molar-refractivity contribution in [2.24, 2.45) is 5.84 Å². The van der Waals surface area contributed by atoms with Crippen molar-refractivity contribution in [2.75, 3.05) is 0 Å². The van der Waals surface area contributed by atoms with Gasteiger partial charge in [0.2, 0.25) is 0 Å². The Kier molecular flexibility index (Phi) is 3.60. The summed E-state index contributed by atoms with van der Waals surface area (Å²) in [4.78, 5) is 0. The molecule has 2 aromatic rings. The van der Waals surface area contributed by atoms with Gasteiger partial charge in [0.25, 0.3) is 0 Å². The van der Waals surface area contributed by atoms with Crippen LogP contribution in [0.2, 0.25) is 0 Å². The van der Waals surface area contributed by atoms with E-state index in [0.717, 1.165) is 6.42 Å². The van der Waals surface area contributed by atoms with Crippen molar-refractivity contribution in [2.45, 2.75) is 37.6 Å². The standard InChI is InChI=1S/C18H22N2/c1-2-14-7-6-8-15(13-14)17(20-19)18(11-12-18)16-9-4-3-5-10-16/h3-10,13,17,20H,2,11-12,19H2,1H3. The zero-order chi connectivity index (χ0) is 14.0. The van der Waals surface area contributed by atoms with Crippen molar-refractivity contribution >= 4 is 0 Å². The van der Waals surface area contributed by atoms with Gasteiger partial charge in [0.05, 0.1) is 6.04 Å². The van der Waals surface area contributed by atoms with Crippen molar-refractivity contribution in [3.8, 4) is 0 Å². The van der Waals surface area contributed by atoms with Gasteiger partial charge in [-0.2, -0.15) is 0 Å². The van der Waals surface area contributed by atoms with E-state index in [9.17, 15) is 0 Å². The van der Waals surface area contributed by atoms with Crippen molar-refractivity contribution < 1.29 is 0 Å². The van der Waals surface area contributed by atoms with Crippen molar-refractivity contribution in [3.05, 3.63) is 71.3 Å². The fourth-order valence-electron chi connectivity index (χ4n) is 3.22. The third kappa shape index (κ3) is 2.26. The summed E-state index contributed by atoms with van der Waals surface area (Å²) in [5, 5.41) is 0. The highest BCUT2D eigenvalue weighted by Crippen LogP contribution is 2.56. The predicted molar refractivity (Wildman–Crippen MR) is 83.2 cm³/mol. The maximum Gasteiger partial charge on any atom is 0.0556 e. The Bertz CT molecular complexity index is 573. The number of hydrogen-bond donors (Lipinski definition) is 2. The van der Waals surface area contributed by atoms with E-state index in [1.165, 1.54) is 29.5 Å². The number of rotatable bonds is 5. The van der Waals surface area contributed by atoms with Gasteiger partial charge in [-0.1, -0.05) is 61.5 Å². The Labute approximate surface area is 121 Å². The second kappa shape index (κ2) is 5.39. The van der Waals surface area contributed by atoms with E-state index in [2.05, 4.69) is 66.9 Å². The predicted octanol–water partition coefficient (Wildman–Crippen LogP) is 3.49. The molecule has 1 fully saturated rings. The van der Waals surface area contributed by atoms with Crippen molar-refractivity contribution in [1.29, 1.82) is 0 Å². The van der Waals surface area contributed by atoms with Crippen LogP contribution in [-0.2, 0) is 11.8 Å². The Balaban J connectivity index is 1.97. The molecule has 0 radical (unpaired) electrons. The van der Waals surface area contributed by atoms with Crippen molar-refractivity contribution in [1.82, 2.24) is 5.43 Å². The zero-order valence-corrected chi connectivity index (χ0v) is 12.0. The van der Waals surface area contributed by atoms with E-state index >= 15 is 0 Å². The van der Waals surface area contributed by atoms with E-state index in [1.54, 1.807) is 0 Å². The van der Waals surface area contributed by atoms with Gasteiger partial charge in [0, 0.05) is 5.41 Å². The van der Waals surface area contributed by atoms with Gasteiger partial charge in [0.15, 0.2) is 0 Å². The molecule has 1 aliphatic carbocycles. The van der Waals surface area contributed by atoms with Crippen LogP contribution in [0.15, 0.2) is 54.6 Å². The Morgan fingerprint density at radius 1 is 1.10 bits per heavy atom. The summed E-state index contributed by atoms with van der Waals surface area (Å²) in [7, 11) is 0. The average Bonchev–Trinajstić information content (AvgIpc) is 3.31. The summed E-state index contributed by atoms with van der Waals surface area (Å²) < 4.78 is 0. The van der Waals surface area contributed by atoms with E-state index < -0.39 is 0 Å². The molecule has 0 amide bonds. The lowest BCUT2D eigenvalue weighted by molar-refractivity contribution is 0.439. The molecule has 0 heterocycles. The monoisotopic (exact) mass is 266 g/mol. The Morgan fingerprint density at radius 3 is 2.45 bits per heavy atom. The van der Waals surface area contributed by atoms with Gasteiger partial charge >= 0.3 is 0 Å². The highest BCUT2D eigenvalue weighted by molar-refractivity contribution is 5.39. The maximum atomic E-state index is 5.91. The van der Waals surface area contributed by atoms with E-state index in [-0.39, 0.29) is 11.5 Å². The largest absolute Gasteiger partial charge is 0.271 e. The minimum atomic E-state index is 0.169. The van der Waals surface area contributed by atoms with Crippen LogP contribution in [0.1, 0.15) is 42.5 Å². The Morgan fingerprint density at radius 2 is 1.85 bits per heavy atom. The quantitative estimate of drug-likeness (QED) is 0.642. The first-order chi connectivity index (χ1) is 9.80. The number of hydrogen-bond acceptors (Lipinski definition) is 2. The lowest BCUT2D eigenvalue weighted by Crippen LogP contribution is -2.36. The topological polar surface area (TPSA) is 38.0 Å². The Hall–Kier alpha value is -1.64. The van der Waals surface area contributed by atoms with Gasteiger partial charge in [-0.25, -0.2) is 0 Å². The van der Waals surface area contributed by atoms with Crippen LogP contribution in [0.25, 0.3) is 0 Å². The number of hydrazine groups is 1. The molecule has 2 heteroatoms. The minimum Gasteiger partial charge on any atom is -0.271 e. The highest BCUT2D eigenvalue weighted by atomic mass is 15.2. The summed E-state index contributed by atoms with van der Waals surface area (Å²) >= 11 is 0. The fraction of sp³-hybridized carbons (Fsp3) is 0.333. The van der Waals surface area contributed by atoms with Crippen LogP contribution >= 0.6 is 0 Å². The van der Waals surface area contributed by atoms with Gasteiger partial charge in [0.1, 0.15) is 0 Å². The number of nitrogens with one attached hydrogen (secondary N) is 1. The molecule has 3 N–H and O–H groups in total. The molecule has 2 aromatic carbocycles. The van der Waals surface area contributed by atoms with Crippen LogP contribution in [-0.4, -0.2) is 0 Å².